The Labute approximate surface area is 175 Å². The molecule has 2 aromatic heterocycles. The van der Waals surface area contributed by atoms with Crippen LogP contribution in [0.4, 0.5) is 5.82 Å². The molecule has 0 spiro atoms. The van der Waals surface area contributed by atoms with Crippen molar-refractivity contribution in [3.8, 4) is 23.1 Å². The first-order valence-corrected chi connectivity index (χ1v) is 8.88. The van der Waals surface area contributed by atoms with E-state index in [0.29, 0.717) is 46.9 Å². The van der Waals surface area contributed by atoms with Crippen LogP contribution in [-0.4, -0.2) is 50.1 Å². The predicted molar refractivity (Wildman–Crippen MR) is 116 cm³/mol. The highest BCUT2D eigenvalue weighted by atomic mass is 32.1. The number of aromatic nitrogens is 3. The van der Waals surface area contributed by atoms with Gasteiger partial charge in [-0.05, 0) is 31.2 Å². The van der Waals surface area contributed by atoms with Crippen LogP contribution in [0.3, 0.4) is 0 Å². The van der Waals surface area contributed by atoms with E-state index in [1.54, 1.807) is 14.0 Å². The lowest BCUT2D eigenvalue weighted by Crippen LogP contribution is -2.37. The number of aryl methyl sites for hydroxylation is 1. The summed E-state index contributed by atoms with van der Waals surface area (Å²) in [5.74, 6) is 6.23. The number of hydrogen-bond donors (Lipinski definition) is 2. The molecule has 4 rings (SSSR count). The smallest absolute Gasteiger partial charge is 0.267 e. The largest absolute Gasteiger partial charge is 0.382 e. The Kier molecular flexibility index (Phi) is 5.46. The van der Waals surface area contributed by atoms with Crippen molar-refractivity contribution >= 4 is 36.3 Å². The molecular formula is C21H21N5O2S. The number of carbonyl (C=O) groups excluding carboxylic acids is 1. The number of pyridine rings is 1. The normalized spacial score (nSPS) is 18.3. The van der Waals surface area contributed by atoms with E-state index in [-0.39, 0.29) is 19.4 Å². The SMILES string of the molecule is Cc1nc(N)c2nc(-c3cccc(C#C[C@@]4(O)CCN(C)C4=O)c3)ccc2n1.S. The fourth-order valence-electron chi connectivity index (χ4n) is 3.22. The minimum atomic E-state index is -1.62. The maximum Gasteiger partial charge on any atom is 0.267 e. The van der Waals surface area contributed by atoms with Gasteiger partial charge in [0.25, 0.3) is 5.91 Å². The van der Waals surface area contributed by atoms with Crippen LogP contribution in [0.5, 0.6) is 0 Å². The Morgan fingerprint density at radius 2 is 2.00 bits per heavy atom. The fraction of sp³-hybridized carbons (Fsp3) is 0.238. The third-order valence-electron chi connectivity index (χ3n) is 4.76. The zero-order valence-electron chi connectivity index (χ0n) is 16.1. The van der Waals surface area contributed by atoms with Gasteiger partial charge in [0.05, 0.1) is 11.2 Å². The van der Waals surface area contributed by atoms with Gasteiger partial charge in [0.1, 0.15) is 11.3 Å². The van der Waals surface area contributed by atoms with Crippen LogP contribution in [0.2, 0.25) is 0 Å². The zero-order valence-corrected chi connectivity index (χ0v) is 17.1. The van der Waals surface area contributed by atoms with E-state index in [0.717, 1.165) is 5.56 Å². The molecule has 1 aromatic carbocycles. The summed E-state index contributed by atoms with van der Waals surface area (Å²) in [6, 6.07) is 11.2. The van der Waals surface area contributed by atoms with E-state index in [1.807, 2.05) is 36.4 Å². The number of benzene rings is 1. The number of nitrogens with two attached hydrogens (primary N) is 1. The second kappa shape index (κ2) is 7.70. The van der Waals surface area contributed by atoms with E-state index >= 15 is 0 Å². The van der Waals surface area contributed by atoms with E-state index in [4.69, 9.17) is 5.73 Å². The third-order valence-corrected chi connectivity index (χ3v) is 4.76. The highest BCUT2D eigenvalue weighted by molar-refractivity contribution is 7.59. The van der Waals surface area contributed by atoms with Gasteiger partial charge in [0.15, 0.2) is 5.82 Å². The summed E-state index contributed by atoms with van der Waals surface area (Å²) in [6.07, 6.45) is 0.306. The molecule has 0 aliphatic carbocycles. The Morgan fingerprint density at radius 3 is 2.72 bits per heavy atom. The lowest BCUT2D eigenvalue weighted by atomic mass is 10.0. The molecule has 1 fully saturated rings. The first-order valence-electron chi connectivity index (χ1n) is 8.88. The molecule has 3 N–H and O–H groups in total. The molecule has 1 atom stereocenters. The summed E-state index contributed by atoms with van der Waals surface area (Å²) in [4.78, 5) is 26.6. The van der Waals surface area contributed by atoms with Gasteiger partial charge >= 0.3 is 0 Å². The van der Waals surface area contributed by atoms with Gasteiger partial charge < -0.3 is 15.7 Å². The maximum absolute atomic E-state index is 12.1. The Balaban J connectivity index is 0.00000240. The van der Waals surface area contributed by atoms with Gasteiger partial charge in [0, 0.05) is 31.1 Å². The highest BCUT2D eigenvalue weighted by Crippen LogP contribution is 2.24. The third kappa shape index (κ3) is 3.88. The van der Waals surface area contributed by atoms with Crippen LogP contribution in [0, 0.1) is 18.8 Å². The van der Waals surface area contributed by atoms with Crippen LogP contribution < -0.4 is 5.73 Å². The van der Waals surface area contributed by atoms with Crippen LogP contribution in [-0.2, 0) is 4.79 Å². The van der Waals surface area contributed by atoms with Crippen molar-refractivity contribution in [2.24, 2.45) is 0 Å². The zero-order chi connectivity index (χ0) is 19.9. The molecule has 0 radical (unpaired) electrons. The molecule has 148 valence electrons. The van der Waals surface area contributed by atoms with Gasteiger partial charge in [0.2, 0.25) is 5.60 Å². The lowest BCUT2D eigenvalue weighted by molar-refractivity contribution is -0.137. The topological polar surface area (TPSA) is 105 Å². The van der Waals surface area contributed by atoms with Gasteiger partial charge in [-0.1, -0.05) is 24.0 Å². The number of carbonyl (C=O) groups is 1. The molecule has 3 aromatic rings. The molecule has 1 aliphatic rings. The minimum absolute atomic E-state index is 0. The average Bonchev–Trinajstić information content (AvgIpc) is 2.94. The van der Waals surface area contributed by atoms with Crippen molar-refractivity contribution in [3.05, 3.63) is 47.8 Å². The molecule has 7 nitrogen and oxygen atoms in total. The van der Waals surface area contributed by atoms with Crippen LogP contribution in [0.15, 0.2) is 36.4 Å². The molecule has 3 heterocycles. The molecule has 1 aliphatic heterocycles. The van der Waals surface area contributed by atoms with Crippen molar-refractivity contribution in [3.63, 3.8) is 0 Å². The Hall–Kier alpha value is -3.15. The number of hydrogen-bond acceptors (Lipinski definition) is 6. The molecule has 1 amide bonds. The predicted octanol–water partition coefficient (Wildman–Crippen LogP) is 1.64. The second-order valence-corrected chi connectivity index (χ2v) is 6.89. The molecule has 0 unspecified atom stereocenters. The van der Waals surface area contributed by atoms with Gasteiger partial charge in [-0.15, -0.1) is 0 Å². The molecular weight excluding hydrogens is 386 g/mol. The highest BCUT2D eigenvalue weighted by Gasteiger charge is 2.42. The summed E-state index contributed by atoms with van der Waals surface area (Å²) in [5, 5.41) is 10.4. The van der Waals surface area contributed by atoms with Gasteiger partial charge in [-0.2, -0.15) is 13.5 Å². The number of nitrogen functional groups attached to an aromatic ring is 1. The van der Waals surface area contributed by atoms with Crippen molar-refractivity contribution in [1.29, 1.82) is 0 Å². The Morgan fingerprint density at radius 1 is 1.21 bits per heavy atom. The average molecular weight is 407 g/mol. The van der Waals surface area contributed by atoms with E-state index < -0.39 is 5.60 Å². The molecule has 8 heteroatoms. The van der Waals surface area contributed by atoms with Crippen molar-refractivity contribution < 1.29 is 9.90 Å². The Bertz CT molecular complexity index is 1170. The summed E-state index contributed by atoms with van der Waals surface area (Å²) < 4.78 is 0. The van der Waals surface area contributed by atoms with Crippen LogP contribution in [0.25, 0.3) is 22.3 Å². The quantitative estimate of drug-likeness (QED) is 0.594. The molecule has 1 saturated heterocycles. The number of anilines is 1. The van der Waals surface area contributed by atoms with Crippen molar-refractivity contribution in [1.82, 2.24) is 19.9 Å². The number of aliphatic hydroxyl groups is 1. The van der Waals surface area contributed by atoms with E-state index in [2.05, 4.69) is 26.8 Å². The summed E-state index contributed by atoms with van der Waals surface area (Å²) in [7, 11) is 1.66. The lowest BCUT2D eigenvalue weighted by Gasteiger charge is -2.13. The van der Waals surface area contributed by atoms with Crippen LogP contribution in [0.1, 0.15) is 17.8 Å². The summed E-state index contributed by atoms with van der Waals surface area (Å²) in [6.45, 7) is 2.28. The standard InChI is InChI=1S/C21H19N5O2.H2S/c1-13-23-17-7-6-16(25-18(17)19(22)24-13)15-5-3-4-14(12-15)8-9-21(28)10-11-26(2)20(21)27;/h3-7,12,28H,10-11H2,1-2H3,(H2,22,23,24);1H2/t21-;/m1./s1. The number of nitrogens with zero attached hydrogens (tertiary/aromatic N) is 4. The number of amides is 1. The van der Waals surface area contributed by atoms with E-state index in [9.17, 15) is 9.90 Å². The molecule has 0 bridgehead atoms. The fourth-order valence-corrected chi connectivity index (χ4v) is 3.22. The first kappa shape index (κ1) is 20.6. The van der Waals surface area contributed by atoms with E-state index in [1.165, 1.54) is 4.90 Å². The summed E-state index contributed by atoms with van der Waals surface area (Å²) >= 11 is 0. The number of rotatable bonds is 1. The number of likely N-dealkylation sites (N-methyl/N-ethyl adjacent to an activating group) is 1. The second-order valence-electron chi connectivity index (χ2n) is 6.89. The maximum atomic E-state index is 12.1. The van der Waals surface area contributed by atoms with Crippen molar-refractivity contribution in [2.75, 3.05) is 19.3 Å². The minimum Gasteiger partial charge on any atom is -0.382 e. The number of fused-ring (bicyclic) bond motifs is 1. The monoisotopic (exact) mass is 407 g/mol. The molecule has 0 saturated carbocycles. The summed E-state index contributed by atoms with van der Waals surface area (Å²) in [5.41, 5.74) is 7.86. The first-order chi connectivity index (χ1) is 13.4. The van der Waals surface area contributed by atoms with Crippen molar-refractivity contribution in [2.45, 2.75) is 18.9 Å². The molecule has 29 heavy (non-hydrogen) atoms. The number of likely N-dealkylation sites (tertiary alicyclic amines) is 1. The van der Waals surface area contributed by atoms with Gasteiger partial charge in [-0.3, -0.25) is 4.79 Å². The van der Waals surface area contributed by atoms with Gasteiger partial charge in [-0.25, -0.2) is 15.0 Å². The van der Waals surface area contributed by atoms with Crippen LogP contribution >= 0.6 is 13.5 Å².